The summed E-state index contributed by atoms with van der Waals surface area (Å²) in [4.78, 5) is 4.68. The second-order valence-electron chi connectivity index (χ2n) is 11.7. The highest BCUT2D eigenvalue weighted by Crippen LogP contribution is 2.48. The average molecular weight is 576 g/mol. The maximum atomic E-state index is 13.9. The van der Waals surface area contributed by atoms with Crippen molar-refractivity contribution < 1.29 is 36.2 Å². The number of unbranched alkanes of at least 4 members (excludes halogenated alkanes) is 1. The van der Waals surface area contributed by atoms with Crippen molar-refractivity contribution in [3.05, 3.63) is 41.5 Å². The monoisotopic (exact) mass is 575 g/mol. The van der Waals surface area contributed by atoms with Crippen LogP contribution in [0.4, 0.5) is 13.2 Å². The third-order valence-electron chi connectivity index (χ3n) is 5.48. The molecule has 0 saturated carbocycles. The molecular weight excluding hydrogens is 530 g/mol. The molecule has 1 aromatic rings. The van der Waals surface area contributed by atoms with E-state index in [1.54, 1.807) is 13.0 Å². The Labute approximate surface area is 233 Å². The molecule has 10 heteroatoms. The predicted molar refractivity (Wildman–Crippen MR) is 150 cm³/mol. The van der Waals surface area contributed by atoms with E-state index in [0.29, 0.717) is 30.7 Å². The van der Waals surface area contributed by atoms with Crippen LogP contribution in [-0.4, -0.2) is 42.5 Å². The molecule has 1 atom stereocenters. The summed E-state index contributed by atoms with van der Waals surface area (Å²) in [6.07, 6.45) is 2.66. The van der Waals surface area contributed by atoms with Crippen molar-refractivity contribution in [2.45, 2.75) is 110 Å². The second kappa shape index (κ2) is 14.3. The summed E-state index contributed by atoms with van der Waals surface area (Å²) in [5, 5.41) is 0. The van der Waals surface area contributed by atoms with Crippen molar-refractivity contribution in [2.24, 2.45) is 4.99 Å². The van der Waals surface area contributed by atoms with E-state index in [1.165, 1.54) is 12.1 Å². The van der Waals surface area contributed by atoms with E-state index >= 15 is 0 Å². The van der Waals surface area contributed by atoms with Crippen molar-refractivity contribution >= 4 is 14.5 Å². The Balaban J connectivity index is 2.13. The molecular formula is C29H45F3NO5P. The first-order valence-corrected chi connectivity index (χ1v) is 14.6. The molecule has 0 N–H and O–H groups in total. The van der Waals surface area contributed by atoms with Crippen LogP contribution in [0.15, 0.2) is 35.3 Å². The Morgan fingerprint density at radius 3 is 2.26 bits per heavy atom. The van der Waals surface area contributed by atoms with Gasteiger partial charge in [0.1, 0.15) is 17.9 Å². The van der Waals surface area contributed by atoms with Gasteiger partial charge in [-0.3, -0.25) is 0 Å². The fourth-order valence-electron chi connectivity index (χ4n) is 3.73. The van der Waals surface area contributed by atoms with Gasteiger partial charge in [-0.1, -0.05) is 25.1 Å². The highest BCUT2D eigenvalue weighted by molar-refractivity contribution is 7.41. The number of aryl methyl sites for hydroxylation is 1. The molecule has 1 aliphatic heterocycles. The lowest BCUT2D eigenvalue weighted by Gasteiger charge is -2.32. The zero-order valence-electron chi connectivity index (χ0n) is 24.6. The van der Waals surface area contributed by atoms with E-state index in [0.717, 1.165) is 12.8 Å². The van der Waals surface area contributed by atoms with Crippen LogP contribution >= 0.6 is 8.60 Å². The minimum absolute atomic E-state index is 0.147. The largest absolute Gasteiger partial charge is 0.493 e. The highest BCUT2D eigenvalue weighted by atomic mass is 31.2. The third-order valence-corrected chi connectivity index (χ3v) is 7.22. The van der Waals surface area contributed by atoms with Gasteiger partial charge in [-0.25, -0.2) is 4.99 Å². The summed E-state index contributed by atoms with van der Waals surface area (Å²) in [7, 11) is -1.69. The van der Waals surface area contributed by atoms with Gasteiger partial charge in [0.25, 0.3) is 0 Å². The number of halogens is 3. The summed E-state index contributed by atoms with van der Waals surface area (Å²) in [5.74, 6) is 0.371. The van der Waals surface area contributed by atoms with Gasteiger partial charge in [0, 0.05) is 6.92 Å². The zero-order chi connectivity index (χ0) is 29.3. The molecule has 0 radical (unpaired) electrons. The Bertz CT molecular complexity index is 953. The number of aliphatic imine (C=N–C) groups is 1. The molecule has 0 spiro atoms. The summed E-state index contributed by atoms with van der Waals surface area (Å²) in [5.41, 5.74) is -1.96. The number of hydrogen-bond donors (Lipinski definition) is 0. The minimum Gasteiger partial charge on any atom is -0.493 e. The first-order chi connectivity index (χ1) is 18.0. The van der Waals surface area contributed by atoms with Gasteiger partial charge in [-0.15, -0.1) is 0 Å². The highest BCUT2D eigenvalue weighted by Gasteiger charge is 2.39. The first-order valence-electron chi connectivity index (χ1n) is 13.5. The molecule has 222 valence electrons. The minimum atomic E-state index is -4.52. The van der Waals surface area contributed by atoms with Crippen LogP contribution in [0.5, 0.6) is 5.75 Å². The molecule has 2 rings (SSSR count). The summed E-state index contributed by atoms with van der Waals surface area (Å²) in [6.45, 7) is 16.0. The molecule has 0 saturated heterocycles. The lowest BCUT2D eigenvalue weighted by atomic mass is 9.93. The molecule has 0 fully saturated rings. The lowest BCUT2D eigenvalue weighted by Crippen LogP contribution is -2.35. The maximum Gasteiger partial charge on any atom is 0.419 e. The van der Waals surface area contributed by atoms with Crippen molar-refractivity contribution in [2.75, 3.05) is 19.8 Å². The molecule has 39 heavy (non-hydrogen) atoms. The molecule has 0 aliphatic carbocycles. The molecule has 1 unspecified atom stereocenters. The zero-order valence-corrected chi connectivity index (χ0v) is 25.5. The van der Waals surface area contributed by atoms with Gasteiger partial charge in [0.2, 0.25) is 0 Å². The van der Waals surface area contributed by atoms with Crippen molar-refractivity contribution in [1.29, 1.82) is 0 Å². The Hall–Kier alpha value is -1.67. The number of rotatable bonds is 14. The van der Waals surface area contributed by atoms with E-state index in [1.807, 2.05) is 60.6 Å². The van der Waals surface area contributed by atoms with Gasteiger partial charge in [-0.2, -0.15) is 13.2 Å². The average Bonchev–Trinajstić information content (AvgIpc) is 3.17. The van der Waals surface area contributed by atoms with Crippen molar-refractivity contribution in [1.82, 2.24) is 0 Å². The van der Waals surface area contributed by atoms with Gasteiger partial charge in [-0.05, 0) is 91.3 Å². The van der Waals surface area contributed by atoms with E-state index in [4.69, 9.17) is 23.0 Å². The van der Waals surface area contributed by atoms with Crippen LogP contribution in [0.2, 0.25) is 0 Å². The Morgan fingerprint density at radius 2 is 1.72 bits per heavy atom. The quantitative estimate of drug-likeness (QED) is 0.126. The number of ether oxygens (including phenoxy) is 2. The lowest BCUT2D eigenvalue weighted by molar-refractivity contribution is -0.139. The van der Waals surface area contributed by atoms with E-state index < -0.39 is 37.1 Å². The van der Waals surface area contributed by atoms with Crippen molar-refractivity contribution in [3.8, 4) is 5.75 Å². The molecule has 1 aliphatic rings. The molecule has 0 bridgehead atoms. The number of benzene rings is 1. The third kappa shape index (κ3) is 12.6. The Kier molecular flexibility index (Phi) is 12.3. The van der Waals surface area contributed by atoms with Crippen molar-refractivity contribution in [3.63, 3.8) is 0 Å². The molecule has 0 amide bonds. The normalized spacial score (nSPS) is 18.6. The topological polar surface area (TPSA) is 58.5 Å². The van der Waals surface area contributed by atoms with E-state index in [9.17, 15) is 13.2 Å². The first kappa shape index (κ1) is 33.5. The van der Waals surface area contributed by atoms with E-state index in [-0.39, 0.29) is 25.6 Å². The fraction of sp³-hybridized carbons (Fsp3) is 0.690. The molecule has 1 heterocycles. The van der Waals surface area contributed by atoms with E-state index in [2.05, 4.69) is 4.99 Å². The SMILES string of the molecule is CC/C=C\CCCOc1ccc(CCC2(COP(OC(C)(C)C)OC(C)(C)C)COC(C)=N2)cc1C(F)(F)F. The Morgan fingerprint density at radius 1 is 1.05 bits per heavy atom. The van der Waals surface area contributed by atoms with Gasteiger partial charge >= 0.3 is 14.8 Å². The number of nitrogens with zero attached hydrogens (tertiary/aromatic N) is 1. The number of alkyl halides is 3. The molecule has 1 aromatic carbocycles. The van der Waals surface area contributed by atoms with Gasteiger partial charge in [0.15, 0.2) is 5.90 Å². The summed E-state index contributed by atoms with van der Waals surface area (Å²) >= 11 is 0. The standard InChI is InChI=1S/C29H45F3NO5P/c1-9-10-11-12-13-18-34-25-15-14-23(19-24(25)29(30,31)32)16-17-28(20-35-22(2)33-28)21-36-39(37-26(3,4)5)38-27(6,7)8/h10-11,14-15,19H,9,12-13,16-18,20-21H2,1-8H3/b11-10-. The van der Waals surface area contributed by atoms with Crippen LogP contribution in [0.25, 0.3) is 0 Å². The maximum absolute atomic E-state index is 13.9. The number of allylic oxidation sites excluding steroid dienone is 2. The van der Waals surface area contributed by atoms with Crippen LogP contribution in [0.1, 0.15) is 92.2 Å². The van der Waals surface area contributed by atoms with Crippen LogP contribution in [0, 0.1) is 0 Å². The van der Waals surface area contributed by atoms with Gasteiger partial charge < -0.3 is 23.0 Å². The fourth-order valence-corrected chi connectivity index (χ4v) is 5.11. The van der Waals surface area contributed by atoms with Gasteiger partial charge in [0.05, 0.1) is 30.0 Å². The summed E-state index contributed by atoms with van der Waals surface area (Å²) < 4.78 is 71.0. The predicted octanol–water partition coefficient (Wildman–Crippen LogP) is 8.82. The van der Waals surface area contributed by atoms with Crippen LogP contribution < -0.4 is 4.74 Å². The van der Waals surface area contributed by atoms with Crippen LogP contribution in [-0.2, 0) is 30.9 Å². The molecule has 6 nitrogen and oxygen atoms in total. The number of hydrogen-bond acceptors (Lipinski definition) is 6. The summed E-state index contributed by atoms with van der Waals surface area (Å²) in [6, 6.07) is 4.27. The van der Waals surface area contributed by atoms with Crippen LogP contribution in [0.3, 0.4) is 0 Å². The smallest absolute Gasteiger partial charge is 0.419 e. The molecule has 0 aromatic heterocycles. The second-order valence-corrected chi connectivity index (χ2v) is 12.8.